The summed E-state index contributed by atoms with van der Waals surface area (Å²) in [6, 6.07) is 4.83. The monoisotopic (exact) mass is 193 g/mol. The van der Waals surface area contributed by atoms with E-state index in [2.05, 4.69) is 4.99 Å². The van der Waals surface area contributed by atoms with Crippen molar-refractivity contribution < 1.29 is 9.13 Å². The summed E-state index contributed by atoms with van der Waals surface area (Å²) in [6.07, 6.45) is 0. The molecule has 0 bridgehead atoms. The minimum absolute atomic E-state index is 0.260. The molecule has 0 radical (unpaired) electrons. The lowest BCUT2D eigenvalue weighted by molar-refractivity contribution is 0.414. The Bertz CT molecular complexity index is 410. The highest BCUT2D eigenvalue weighted by Gasteiger charge is 2.31. The summed E-state index contributed by atoms with van der Waals surface area (Å²) in [6.45, 7) is 5.53. The molecule has 1 aromatic rings. The molecule has 1 heterocycles. The Morgan fingerprint density at radius 2 is 2.07 bits per heavy atom. The molecule has 0 atom stereocenters. The van der Waals surface area contributed by atoms with Crippen LogP contribution in [-0.2, 0) is 5.54 Å². The van der Waals surface area contributed by atoms with Gasteiger partial charge in [-0.2, -0.15) is 0 Å². The van der Waals surface area contributed by atoms with Gasteiger partial charge in [0.05, 0.1) is 11.1 Å². The number of fused-ring (bicyclic) bond motifs is 1. The van der Waals surface area contributed by atoms with E-state index in [9.17, 15) is 4.39 Å². The van der Waals surface area contributed by atoms with Crippen LogP contribution in [0.2, 0.25) is 0 Å². The summed E-state index contributed by atoms with van der Waals surface area (Å²) in [5.41, 5.74) is -0.00572. The van der Waals surface area contributed by atoms with E-state index in [-0.39, 0.29) is 5.82 Å². The molecule has 14 heavy (non-hydrogen) atoms. The van der Waals surface area contributed by atoms with E-state index in [1.54, 1.807) is 19.1 Å². The molecule has 1 aliphatic heterocycles. The highest BCUT2D eigenvalue weighted by Crippen LogP contribution is 2.38. The van der Waals surface area contributed by atoms with Gasteiger partial charge in [0.2, 0.25) is 0 Å². The van der Waals surface area contributed by atoms with Gasteiger partial charge >= 0.3 is 0 Å². The van der Waals surface area contributed by atoms with Crippen LogP contribution in [0.4, 0.5) is 4.39 Å². The molecule has 2 nitrogen and oxygen atoms in total. The van der Waals surface area contributed by atoms with E-state index in [4.69, 9.17) is 4.74 Å². The normalized spacial score (nSPS) is 18.1. The van der Waals surface area contributed by atoms with Gasteiger partial charge in [-0.05, 0) is 26.0 Å². The molecule has 0 fully saturated rings. The molecule has 0 unspecified atom stereocenters. The number of ether oxygens (including phenoxy) is 1. The topological polar surface area (TPSA) is 21.6 Å². The summed E-state index contributed by atoms with van der Waals surface area (Å²) >= 11 is 0. The lowest BCUT2D eigenvalue weighted by atomic mass is 9.92. The third kappa shape index (κ3) is 1.29. The van der Waals surface area contributed by atoms with Crippen molar-refractivity contribution in [1.29, 1.82) is 0 Å². The molecule has 0 aromatic heterocycles. The second-order valence-corrected chi connectivity index (χ2v) is 3.90. The number of nitrogens with zero attached hydrogens (tertiary/aromatic N) is 1. The third-order valence-electron chi connectivity index (χ3n) is 2.28. The molecular weight excluding hydrogens is 181 g/mol. The third-order valence-corrected chi connectivity index (χ3v) is 2.28. The smallest absolute Gasteiger partial charge is 0.187 e. The Kier molecular flexibility index (Phi) is 1.84. The summed E-state index contributed by atoms with van der Waals surface area (Å²) in [5.74, 6) is 0.888. The number of benzene rings is 1. The van der Waals surface area contributed by atoms with E-state index in [1.807, 2.05) is 13.8 Å². The van der Waals surface area contributed by atoms with Crippen LogP contribution >= 0.6 is 0 Å². The van der Waals surface area contributed by atoms with Crippen LogP contribution in [0.25, 0.3) is 0 Å². The Balaban J connectivity index is 2.66. The van der Waals surface area contributed by atoms with Crippen molar-refractivity contribution in [2.75, 3.05) is 0 Å². The van der Waals surface area contributed by atoms with Crippen LogP contribution in [0, 0.1) is 5.82 Å². The molecule has 0 N–H and O–H groups in total. The molecule has 1 aliphatic rings. The van der Waals surface area contributed by atoms with Gasteiger partial charge in [0, 0.05) is 6.92 Å². The average Bonchev–Trinajstić information content (AvgIpc) is 2.00. The first-order valence-corrected chi connectivity index (χ1v) is 4.54. The first kappa shape index (κ1) is 9.19. The minimum Gasteiger partial charge on any atom is -0.443 e. The van der Waals surface area contributed by atoms with Crippen molar-refractivity contribution in [3.8, 4) is 5.75 Å². The summed E-state index contributed by atoms with van der Waals surface area (Å²) in [4.78, 5) is 4.27. The fourth-order valence-corrected chi connectivity index (χ4v) is 1.81. The maximum absolute atomic E-state index is 13.5. The van der Waals surface area contributed by atoms with Gasteiger partial charge in [0.25, 0.3) is 0 Å². The molecule has 1 aromatic carbocycles. The lowest BCUT2D eigenvalue weighted by Gasteiger charge is -2.28. The van der Waals surface area contributed by atoms with E-state index in [1.165, 1.54) is 6.07 Å². The number of hydrogen-bond acceptors (Lipinski definition) is 2. The standard InChI is InChI=1S/C11H12FNO/c1-7-13-11(2,3)10-8(12)5-4-6-9(10)14-7/h4-6H,1-3H3. The average molecular weight is 193 g/mol. The molecular formula is C11H12FNO. The Hall–Kier alpha value is -1.38. The second kappa shape index (κ2) is 2.80. The molecule has 0 spiro atoms. The van der Waals surface area contributed by atoms with Gasteiger partial charge in [-0.25, -0.2) is 9.38 Å². The second-order valence-electron chi connectivity index (χ2n) is 3.90. The molecule has 0 saturated carbocycles. The summed E-state index contributed by atoms with van der Waals surface area (Å²) in [5, 5.41) is 0. The Morgan fingerprint density at radius 1 is 1.36 bits per heavy atom. The maximum Gasteiger partial charge on any atom is 0.187 e. The highest BCUT2D eigenvalue weighted by molar-refractivity contribution is 5.78. The molecule has 0 amide bonds. The SMILES string of the molecule is CC1=NC(C)(C)c2c(F)cccc2O1. The van der Waals surface area contributed by atoms with Crippen LogP contribution in [-0.4, -0.2) is 5.90 Å². The first-order valence-electron chi connectivity index (χ1n) is 4.54. The molecule has 0 saturated heterocycles. The van der Waals surface area contributed by atoms with Gasteiger partial charge < -0.3 is 4.74 Å². The fraction of sp³-hybridized carbons (Fsp3) is 0.364. The van der Waals surface area contributed by atoms with Crippen molar-refractivity contribution in [3.63, 3.8) is 0 Å². The van der Waals surface area contributed by atoms with E-state index in [0.29, 0.717) is 17.2 Å². The van der Waals surface area contributed by atoms with Crippen molar-refractivity contribution in [2.24, 2.45) is 4.99 Å². The number of halogens is 1. The van der Waals surface area contributed by atoms with Crippen LogP contribution in [0.15, 0.2) is 23.2 Å². The predicted octanol–water partition coefficient (Wildman–Crippen LogP) is 2.87. The van der Waals surface area contributed by atoms with Gasteiger partial charge in [0.15, 0.2) is 5.90 Å². The largest absolute Gasteiger partial charge is 0.443 e. The lowest BCUT2D eigenvalue weighted by Crippen LogP contribution is -2.26. The zero-order valence-electron chi connectivity index (χ0n) is 8.47. The molecule has 2 rings (SSSR count). The fourth-order valence-electron chi connectivity index (χ4n) is 1.81. The molecule has 74 valence electrons. The quantitative estimate of drug-likeness (QED) is 0.620. The van der Waals surface area contributed by atoms with Gasteiger partial charge in [-0.3, -0.25) is 0 Å². The van der Waals surface area contributed by atoms with Gasteiger partial charge in [-0.1, -0.05) is 6.07 Å². The van der Waals surface area contributed by atoms with Gasteiger partial charge in [0.1, 0.15) is 11.6 Å². The zero-order valence-corrected chi connectivity index (χ0v) is 8.47. The zero-order chi connectivity index (χ0) is 10.3. The Labute approximate surface area is 82.4 Å². The predicted molar refractivity (Wildman–Crippen MR) is 53.2 cm³/mol. The van der Waals surface area contributed by atoms with Crippen molar-refractivity contribution in [2.45, 2.75) is 26.3 Å². The van der Waals surface area contributed by atoms with Crippen molar-refractivity contribution in [3.05, 3.63) is 29.6 Å². The van der Waals surface area contributed by atoms with E-state index < -0.39 is 5.54 Å². The number of aliphatic imine (C=N–C) groups is 1. The van der Waals surface area contributed by atoms with Crippen LogP contribution in [0.1, 0.15) is 26.3 Å². The molecule has 3 heteroatoms. The first-order chi connectivity index (χ1) is 6.50. The molecule has 0 aliphatic carbocycles. The number of rotatable bonds is 0. The van der Waals surface area contributed by atoms with Crippen molar-refractivity contribution in [1.82, 2.24) is 0 Å². The van der Waals surface area contributed by atoms with Gasteiger partial charge in [-0.15, -0.1) is 0 Å². The van der Waals surface area contributed by atoms with Crippen LogP contribution < -0.4 is 4.74 Å². The van der Waals surface area contributed by atoms with Crippen LogP contribution in [0.5, 0.6) is 5.75 Å². The number of hydrogen-bond donors (Lipinski definition) is 0. The Morgan fingerprint density at radius 3 is 2.79 bits per heavy atom. The maximum atomic E-state index is 13.5. The minimum atomic E-state index is -0.539. The summed E-state index contributed by atoms with van der Waals surface area (Å²) in [7, 11) is 0. The van der Waals surface area contributed by atoms with E-state index in [0.717, 1.165) is 0 Å². The highest BCUT2D eigenvalue weighted by atomic mass is 19.1. The van der Waals surface area contributed by atoms with Crippen LogP contribution in [0.3, 0.4) is 0 Å². The van der Waals surface area contributed by atoms with E-state index >= 15 is 0 Å². The van der Waals surface area contributed by atoms with Crippen molar-refractivity contribution >= 4 is 5.90 Å². The summed E-state index contributed by atoms with van der Waals surface area (Å²) < 4.78 is 18.9.